The summed E-state index contributed by atoms with van der Waals surface area (Å²) >= 11 is 0. The van der Waals surface area contributed by atoms with E-state index in [9.17, 15) is 9.90 Å². The Hall–Kier alpha value is -0.370. The Kier molecular flexibility index (Phi) is 4.28. The first-order chi connectivity index (χ1) is 4.63. The summed E-state index contributed by atoms with van der Waals surface area (Å²) in [5.41, 5.74) is 0. The summed E-state index contributed by atoms with van der Waals surface area (Å²) in [6.45, 7) is 5.73. The maximum absolute atomic E-state index is 10.3. The summed E-state index contributed by atoms with van der Waals surface area (Å²) in [5, 5.41) is 9.35. The van der Waals surface area contributed by atoms with Gasteiger partial charge in [-0.1, -0.05) is 20.8 Å². The van der Waals surface area contributed by atoms with Crippen LogP contribution in [0, 0.1) is 11.8 Å². The first-order valence-electron chi connectivity index (χ1n) is 3.76. The average molecular weight is 144 g/mol. The van der Waals surface area contributed by atoms with Gasteiger partial charge < -0.3 is 9.90 Å². The number of aliphatic hydroxyl groups is 1. The van der Waals surface area contributed by atoms with Crippen LogP contribution in [0.2, 0.25) is 0 Å². The Bertz CT molecular complexity index is 99.4. The van der Waals surface area contributed by atoms with Crippen LogP contribution < -0.4 is 0 Å². The maximum atomic E-state index is 10.3. The van der Waals surface area contributed by atoms with Crippen molar-refractivity contribution in [2.75, 3.05) is 0 Å². The van der Waals surface area contributed by atoms with Gasteiger partial charge in [0.15, 0.2) is 0 Å². The molecule has 0 saturated carbocycles. The lowest BCUT2D eigenvalue weighted by molar-refractivity contribution is -0.115. The number of rotatable bonds is 4. The molecule has 0 aliphatic carbocycles. The van der Waals surface area contributed by atoms with E-state index in [1.54, 1.807) is 0 Å². The molecule has 0 saturated heterocycles. The van der Waals surface area contributed by atoms with Crippen molar-refractivity contribution in [2.24, 2.45) is 11.8 Å². The van der Waals surface area contributed by atoms with Gasteiger partial charge >= 0.3 is 0 Å². The Labute approximate surface area is 62.2 Å². The molecule has 0 aliphatic rings. The van der Waals surface area contributed by atoms with E-state index in [2.05, 4.69) is 0 Å². The van der Waals surface area contributed by atoms with Crippen molar-refractivity contribution in [3.05, 3.63) is 0 Å². The van der Waals surface area contributed by atoms with Gasteiger partial charge in [-0.15, -0.1) is 0 Å². The molecule has 0 aromatic carbocycles. The van der Waals surface area contributed by atoms with E-state index in [-0.39, 0.29) is 11.8 Å². The van der Waals surface area contributed by atoms with E-state index in [1.165, 1.54) is 0 Å². The monoisotopic (exact) mass is 144 g/mol. The number of carbonyl (C=O) groups is 1. The third-order valence-electron chi connectivity index (χ3n) is 1.77. The minimum Gasteiger partial charge on any atom is -0.392 e. The van der Waals surface area contributed by atoms with E-state index < -0.39 is 6.10 Å². The van der Waals surface area contributed by atoms with Crippen molar-refractivity contribution in [1.29, 1.82) is 0 Å². The molecule has 10 heavy (non-hydrogen) atoms. The molecule has 2 atom stereocenters. The minimum absolute atomic E-state index is 0.176. The summed E-state index contributed by atoms with van der Waals surface area (Å²) in [6, 6.07) is 0. The molecule has 1 N–H and O–H groups in total. The highest BCUT2D eigenvalue weighted by Gasteiger charge is 2.19. The third-order valence-corrected chi connectivity index (χ3v) is 1.77. The molecule has 0 radical (unpaired) electrons. The summed E-state index contributed by atoms with van der Waals surface area (Å²) in [5.74, 6) is -0.00449. The molecular formula is C8H16O2. The van der Waals surface area contributed by atoms with Gasteiger partial charge in [-0.3, -0.25) is 0 Å². The maximum Gasteiger partial charge on any atom is 0.125 e. The molecule has 60 valence electrons. The van der Waals surface area contributed by atoms with E-state index in [0.717, 1.165) is 12.7 Å². The zero-order chi connectivity index (χ0) is 8.15. The predicted octanol–water partition coefficient (Wildman–Crippen LogP) is 1.23. The number of aliphatic hydroxyl groups excluding tert-OH is 1. The van der Waals surface area contributed by atoms with Gasteiger partial charge in [0, 0.05) is 5.92 Å². The lowest BCUT2D eigenvalue weighted by Gasteiger charge is -2.18. The van der Waals surface area contributed by atoms with Crippen LogP contribution in [0.3, 0.4) is 0 Å². The Morgan fingerprint density at radius 1 is 1.50 bits per heavy atom. The summed E-state index contributed by atoms with van der Waals surface area (Å²) in [7, 11) is 0. The van der Waals surface area contributed by atoms with Gasteiger partial charge in [0.1, 0.15) is 6.29 Å². The Morgan fingerprint density at radius 3 is 2.10 bits per heavy atom. The lowest BCUT2D eigenvalue weighted by Crippen LogP contribution is -2.26. The van der Waals surface area contributed by atoms with Crippen molar-refractivity contribution < 1.29 is 9.90 Å². The van der Waals surface area contributed by atoms with Crippen LogP contribution in [0.5, 0.6) is 0 Å². The van der Waals surface area contributed by atoms with Crippen LogP contribution >= 0.6 is 0 Å². The molecule has 2 nitrogen and oxygen atoms in total. The van der Waals surface area contributed by atoms with E-state index in [0.29, 0.717) is 0 Å². The van der Waals surface area contributed by atoms with Crippen molar-refractivity contribution in [2.45, 2.75) is 33.3 Å². The number of hydrogen-bond acceptors (Lipinski definition) is 2. The quantitative estimate of drug-likeness (QED) is 0.602. The van der Waals surface area contributed by atoms with Crippen molar-refractivity contribution in [3.8, 4) is 0 Å². The molecule has 2 heteroatoms. The molecular weight excluding hydrogens is 128 g/mol. The lowest BCUT2D eigenvalue weighted by atomic mass is 9.93. The zero-order valence-corrected chi connectivity index (χ0v) is 6.87. The van der Waals surface area contributed by atoms with Crippen LogP contribution in [-0.4, -0.2) is 17.5 Å². The van der Waals surface area contributed by atoms with Gasteiger partial charge in [-0.25, -0.2) is 0 Å². The highest BCUT2D eigenvalue weighted by Crippen LogP contribution is 2.13. The molecule has 0 amide bonds. The fraction of sp³-hybridized carbons (Fsp3) is 0.875. The second kappa shape index (κ2) is 4.45. The smallest absolute Gasteiger partial charge is 0.125 e. The van der Waals surface area contributed by atoms with Crippen molar-refractivity contribution >= 4 is 6.29 Å². The standard InChI is InChI=1S/C8H16O2/c1-4-7(5-9)8(10)6(2)3/h5-8,10H,4H2,1-3H3/t7-,8-/m1/s1. The van der Waals surface area contributed by atoms with E-state index >= 15 is 0 Å². The fourth-order valence-corrected chi connectivity index (χ4v) is 0.913. The second-order valence-electron chi connectivity index (χ2n) is 2.94. The van der Waals surface area contributed by atoms with Crippen molar-refractivity contribution in [1.82, 2.24) is 0 Å². The van der Waals surface area contributed by atoms with Crippen LogP contribution in [0.4, 0.5) is 0 Å². The van der Waals surface area contributed by atoms with Gasteiger partial charge in [0.2, 0.25) is 0 Å². The topological polar surface area (TPSA) is 37.3 Å². The molecule has 0 rings (SSSR count). The van der Waals surface area contributed by atoms with Crippen LogP contribution in [-0.2, 0) is 4.79 Å². The fourth-order valence-electron chi connectivity index (χ4n) is 0.913. The SMILES string of the molecule is CC[C@H](C=O)[C@H](O)C(C)C. The van der Waals surface area contributed by atoms with Gasteiger partial charge in [0.05, 0.1) is 6.10 Å². The van der Waals surface area contributed by atoms with E-state index in [1.807, 2.05) is 20.8 Å². The molecule has 0 spiro atoms. The van der Waals surface area contributed by atoms with Gasteiger partial charge in [-0.2, -0.15) is 0 Å². The summed E-state index contributed by atoms with van der Waals surface area (Å²) in [4.78, 5) is 10.3. The summed E-state index contributed by atoms with van der Waals surface area (Å²) in [6.07, 6.45) is 1.09. The normalized spacial score (nSPS) is 16.9. The number of aldehydes is 1. The van der Waals surface area contributed by atoms with E-state index in [4.69, 9.17) is 0 Å². The zero-order valence-electron chi connectivity index (χ0n) is 6.87. The number of hydrogen-bond donors (Lipinski definition) is 1. The molecule has 0 aromatic rings. The first kappa shape index (κ1) is 9.63. The van der Waals surface area contributed by atoms with Crippen LogP contribution in [0.25, 0.3) is 0 Å². The third kappa shape index (κ3) is 2.48. The number of carbonyl (C=O) groups excluding carboxylic acids is 1. The van der Waals surface area contributed by atoms with Crippen LogP contribution in [0.15, 0.2) is 0 Å². The van der Waals surface area contributed by atoms with Gasteiger partial charge in [-0.05, 0) is 12.3 Å². The largest absolute Gasteiger partial charge is 0.392 e. The predicted molar refractivity (Wildman–Crippen MR) is 40.7 cm³/mol. The Balaban J connectivity index is 3.87. The minimum atomic E-state index is -0.470. The molecule has 0 aromatic heterocycles. The molecule has 0 unspecified atom stereocenters. The molecule has 0 bridgehead atoms. The average Bonchev–Trinajstić information content (AvgIpc) is 1.90. The highest BCUT2D eigenvalue weighted by molar-refractivity contribution is 5.54. The van der Waals surface area contributed by atoms with Crippen molar-refractivity contribution in [3.63, 3.8) is 0 Å². The molecule has 0 fully saturated rings. The Morgan fingerprint density at radius 2 is 2.00 bits per heavy atom. The highest BCUT2D eigenvalue weighted by atomic mass is 16.3. The second-order valence-corrected chi connectivity index (χ2v) is 2.94. The van der Waals surface area contributed by atoms with Gasteiger partial charge in [0.25, 0.3) is 0 Å². The molecule has 0 heterocycles. The van der Waals surface area contributed by atoms with Crippen LogP contribution in [0.1, 0.15) is 27.2 Å². The molecule has 0 aliphatic heterocycles. The first-order valence-corrected chi connectivity index (χ1v) is 3.76. The summed E-state index contributed by atoms with van der Waals surface area (Å²) < 4.78 is 0.